The largest absolute Gasteiger partial charge is 0.480 e. The van der Waals surface area contributed by atoms with Crippen LogP contribution in [-0.2, 0) is 15.9 Å². The van der Waals surface area contributed by atoms with E-state index in [0.717, 1.165) is 17.8 Å². The second kappa shape index (κ2) is 6.83. The van der Waals surface area contributed by atoms with E-state index in [1.54, 1.807) is 0 Å². The Bertz CT molecular complexity index is 685. The first kappa shape index (κ1) is 18.0. The molecule has 0 aliphatic carbocycles. The average molecular weight is 338 g/mol. The van der Waals surface area contributed by atoms with E-state index < -0.39 is 7.12 Å². The van der Waals surface area contributed by atoms with Crippen molar-refractivity contribution in [2.75, 3.05) is 5.32 Å². The molecule has 0 bridgehead atoms. The first-order valence-corrected chi connectivity index (χ1v) is 8.77. The van der Waals surface area contributed by atoms with Gasteiger partial charge < -0.3 is 20.4 Å². The lowest BCUT2D eigenvalue weighted by Crippen LogP contribution is -2.41. The highest BCUT2D eigenvalue weighted by Gasteiger charge is 2.53. The van der Waals surface area contributed by atoms with Gasteiger partial charge in [0.25, 0.3) is 0 Å². The van der Waals surface area contributed by atoms with Crippen LogP contribution in [0.3, 0.4) is 0 Å². The lowest BCUT2D eigenvalue weighted by molar-refractivity contribution is 0.00578. The van der Waals surface area contributed by atoms with E-state index in [4.69, 9.17) is 15.0 Å². The molecule has 0 saturated carbocycles. The molecule has 5 heteroatoms. The third-order valence-electron chi connectivity index (χ3n) is 5.20. The van der Waals surface area contributed by atoms with Gasteiger partial charge in [-0.3, -0.25) is 0 Å². The van der Waals surface area contributed by atoms with Crippen molar-refractivity contribution in [1.82, 2.24) is 0 Å². The smallest absolute Gasteiger partial charge is 0.402 e. The molecule has 3 rings (SSSR count). The van der Waals surface area contributed by atoms with Gasteiger partial charge in [-0.2, -0.15) is 0 Å². The van der Waals surface area contributed by atoms with Crippen LogP contribution in [0.15, 0.2) is 54.6 Å². The molecule has 1 heterocycles. The summed E-state index contributed by atoms with van der Waals surface area (Å²) in [5.41, 5.74) is 8.97. The minimum atomic E-state index is -0.437. The van der Waals surface area contributed by atoms with Crippen molar-refractivity contribution in [1.29, 1.82) is 0 Å². The molecule has 0 unspecified atom stereocenters. The molecule has 1 aliphatic rings. The fourth-order valence-corrected chi connectivity index (χ4v) is 2.82. The lowest BCUT2D eigenvalue weighted by Gasteiger charge is -2.32. The van der Waals surface area contributed by atoms with Crippen molar-refractivity contribution in [3.8, 4) is 0 Å². The Morgan fingerprint density at radius 2 is 1.48 bits per heavy atom. The summed E-state index contributed by atoms with van der Waals surface area (Å²) in [6.07, 6.45) is 0. The van der Waals surface area contributed by atoms with Crippen molar-refractivity contribution in [2.45, 2.75) is 51.4 Å². The molecule has 0 amide bonds. The molecule has 25 heavy (non-hydrogen) atoms. The van der Waals surface area contributed by atoms with E-state index in [-0.39, 0.29) is 17.1 Å². The van der Waals surface area contributed by atoms with Crippen molar-refractivity contribution in [2.24, 2.45) is 5.73 Å². The molecule has 1 fully saturated rings. The van der Waals surface area contributed by atoms with Crippen LogP contribution in [0.1, 0.15) is 44.8 Å². The Hall–Kier alpha value is -1.82. The van der Waals surface area contributed by atoms with E-state index in [0.29, 0.717) is 0 Å². The third-order valence-corrected chi connectivity index (χ3v) is 5.20. The number of anilines is 1. The van der Waals surface area contributed by atoms with Gasteiger partial charge in [0.05, 0.1) is 17.1 Å². The second-order valence-electron chi connectivity index (χ2n) is 7.61. The monoisotopic (exact) mass is 338 g/mol. The predicted octanol–water partition coefficient (Wildman–Crippen LogP) is 3.93. The highest BCUT2D eigenvalue weighted by atomic mass is 16.7. The average Bonchev–Trinajstić information content (AvgIpc) is 2.81. The van der Waals surface area contributed by atoms with Crippen LogP contribution < -0.4 is 11.1 Å². The summed E-state index contributed by atoms with van der Waals surface area (Å²) in [6, 6.07) is 18.5. The first-order valence-electron chi connectivity index (χ1n) is 8.77. The van der Waals surface area contributed by atoms with Gasteiger partial charge in [0, 0.05) is 12.2 Å². The number of hydrogen-bond donors (Lipinski definition) is 2. The molecular weight excluding hydrogens is 311 g/mol. The topological polar surface area (TPSA) is 56.5 Å². The molecule has 1 atom stereocenters. The number of nitrogens with one attached hydrogen (secondary N) is 1. The fourth-order valence-electron chi connectivity index (χ4n) is 2.82. The Labute approximate surface area is 150 Å². The summed E-state index contributed by atoms with van der Waals surface area (Å²) < 4.78 is 12.1. The van der Waals surface area contributed by atoms with Gasteiger partial charge in [0.1, 0.15) is 0 Å². The highest BCUT2D eigenvalue weighted by Crippen LogP contribution is 2.39. The van der Waals surface area contributed by atoms with Gasteiger partial charge in [-0.15, -0.1) is 0 Å². The van der Waals surface area contributed by atoms with Crippen LogP contribution in [-0.4, -0.2) is 18.3 Å². The molecule has 0 spiro atoms. The van der Waals surface area contributed by atoms with E-state index >= 15 is 0 Å². The predicted molar refractivity (Wildman–Crippen MR) is 103 cm³/mol. The zero-order valence-electron chi connectivity index (χ0n) is 15.5. The van der Waals surface area contributed by atoms with Gasteiger partial charge in [-0.25, -0.2) is 0 Å². The summed E-state index contributed by atoms with van der Waals surface area (Å²) in [4.78, 5) is 0. The lowest BCUT2D eigenvalue weighted by atomic mass is 9.75. The quantitative estimate of drug-likeness (QED) is 0.811. The highest BCUT2D eigenvalue weighted by molar-refractivity contribution is 6.47. The van der Waals surface area contributed by atoms with Gasteiger partial charge >= 0.3 is 7.12 Å². The fraction of sp³-hybridized carbons (Fsp3) is 0.400. The Morgan fingerprint density at radius 1 is 0.920 bits per heavy atom. The van der Waals surface area contributed by atoms with E-state index in [1.165, 1.54) is 5.56 Å². The van der Waals surface area contributed by atoms with Gasteiger partial charge in [-0.1, -0.05) is 42.5 Å². The number of benzene rings is 2. The maximum absolute atomic E-state index is 6.39. The minimum absolute atomic E-state index is 0.316. The third kappa shape index (κ3) is 3.89. The molecule has 1 saturated heterocycles. The maximum atomic E-state index is 6.39. The normalized spacial score (nSPS) is 19.6. The number of hydrogen-bond acceptors (Lipinski definition) is 4. The molecular formula is C20H27BN2O2. The van der Waals surface area contributed by atoms with Crippen LogP contribution in [0.5, 0.6) is 0 Å². The van der Waals surface area contributed by atoms with E-state index in [9.17, 15) is 0 Å². The van der Waals surface area contributed by atoms with Gasteiger partial charge in [0.2, 0.25) is 0 Å². The van der Waals surface area contributed by atoms with Crippen molar-refractivity contribution in [3.05, 3.63) is 65.7 Å². The van der Waals surface area contributed by atoms with Crippen LogP contribution in [0.4, 0.5) is 5.69 Å². The zero-order chi connectivity index (χ0) is 18.1. The summed E-state index contributed by atoms with van der Waals surface area (Å²) in [6.45, 7) is 8.95. The van der Waals surface area contributed by atoms with Crippen LogP contribution in [0.25, 0.3) is 0 Å². The molecule has 4 nitrogen and oxygen atoms in total. The van der Waals surface area contributed by atoms with E-state index in [1.807, 2.05) is 70.2 Å². The van der Waals surface area contributed by atoms with Gasteiger partial charge in [0.15, 0.2) is 0 Å². The molecule has 1 aliphatic heterocycles. The summed E-state index contributed by atoms with van der Waals surface area (Å²) in [5.74, 6) is -0.316. The number of nitrogens with two attached hydrogens (primary N) is 1. The van der Waals surface area contributed by atoms with E-state index in [2.05, 4.69) is 17.4 Å². The summed E-state index contributed by atoms with van der Waals surface area (Å²) >= 11 is 0. The zero-order valence-corrected chi connectivity index (χ0v) is 15.5. The van der Waals surface area contributed by atoms with Crippen LogP contribution >= 0.6 is 0 Å². The SMILES string of the molecule is CC1(C)OB([C@@H](N)c2ccc(NCc3ccccc3)cc2)OC1(C)C. The molecule has 0 aromatic heterocycles. The standard InChI is InChI=1S/C20H27BN2O2/c1-19(2)20(3,4)25-21(24-19)18(22)16-10-12-17(13-11-16)23-14-15-8-6-5-7-9-15/h5-13,18,23H,14,22H2,1-4H3/t18-/m0/s1. The van der Waals surface area contributed by atoms with Crippen LogP contribution in [0.2, 0.25) is 0 Å². The molecule has 2 aromatic rings. The Morgan fingerprint density at radius 3 is 2.04 bits per heavy atom. The van der Waals surface area contributed by atoms with Crippen molar-refractivity contribution < 1.29 is 9.31 Å². The maximum Gasteiger partial charge on any atom is 0.480 e. The molecule has 2 aromatic carbocycles. The summed E-state index contributed by atoms with van der Waals surface area (Å²) in [7, 11) is -0.437. The van der Waals surface area contributed by atoms with Crippen molar-refractivity contribution >= 4 is 12.8 Å². The molecule has 0 radical (unpaired) electrons. The van der Waals surface area contributed by atoms with Gasteiger partial charge in [-0.05, 0) is 51.0 Å². The van der Waals surface area contributed by atoms with Crippen LogP contribution in [0, 0.1) is 0 Å². The Balaban J connectivity index is 1.62. The number of rotatable bonds is 5. The Kier molecular flexibility index (Phi) is 4.91. The summed E-state index contributed by atoms with van der Waals surface area (Å²) in [5, 5.41) is 3.42. The molecule has 132 valence electrons. The van der Waals surface area contributed by atoms with Crippen molar-refractivity contribution in [3.63, 3.8) is 0 Å². The first-order chi connectivity index (χ1) is 11.8. The molecule has 3 N–H and O–H groups in total. The second-order valence-corrected chi connectivity index (χ2v) is 7.61. The minimum Gasteiger partial charge on any atom is -0.402 e.